The van der Waals surface area contributed by atoms with Gasteiger partial charge in [-0.3, -0.25) is 0 Å². The van der Waals surface area contributed by atoms with E-state index < -0.39 is 12.1 Å². The highest BCUT2D eigenvalue weighted by molar-refractivity contribution is 5.95. The molecule has 1 atom stereocenters. The molecule has 0 aromatic heterocycles. The number of benzene rings is 2. The zero-order chi connectivity index (χ0) is 13.2. The van der Waals surface area contributed by atoms with Crippen LogP contribution in [-0.4, -0.2) is 11.1 Å². The maximum absolute atomic E-state index is 11.4. The summed E-state index contributed by atoms with van der Waals surface area (Å²) < 4.78 is 5.84. The number of carboxylic acids is 1. The first-order valence-corrected chi connectivity index (χ1v) is 6.01. The molecule has 0 spiro atoms. The molecular weight excluding hydrogens is 240 g/mol. The van der Waals surface area contributed by atoms with Gasteiger partial charge >= 0.3 is 5.97 Å². The van der Waals surface area contributed by atoms with Crippen LogP contribution in [0.5, 0.6) is 5.75 Å². The molecule has 2 aromatic rings. The van der Waals surface area contributed by atoms with E-state index >= 15 is 0 Å². The Kier molecular flexibility index (Phi) is 2.80. The van der Waals surface area contributed by atoms with Gasteiger partial charge in [0.15, 0.2) is 6.10 Å². The van der Waals surface area contributed by atoms with Gasteiger partial charge in [-0.1, -0.05) is 48.5 Å². The number of fused-ring (bicyclic) bond motifs is 1. The molecule has 0 amide bonds. The van der Waals surface area contributed by atoms with E-state index in [1.54, 1.807) is 6.08 Å². The van der Waals surface area contributed by atoms with Crippen LogP contribution in [0.3, 0.4) is 0 Å². The summed E-state index contributed by atoms with van der Waals surface area (Å²) in [6.45, 7) is 0. The SMILES string of the molecule is O=C(O)C1=Cc2ccccc2O[C@H]1c1ccccc1. The molecule has 1 aliphatic heterocycles. The fourth-order valence-corrected chi connectivity index (χ4v) is 2.19. The van der Waals surface area contributed by atoms with Gasteiger partial charge in [0, 0.05) is 5.56 Å². The van der Waals surface area contributed by atoms with Gasteiger partial charge in [0.25, 0.3) is 0 Å². The third kappa shape index (κ3) is 2.10. The Hall–Kier alpha value is -2.55. The second-order valence-corrected chi connectivity index (χ2v) is 4.35. The molecule has 3 rings (SSSR count). The van der Waals surface area contributed by atoms with Crippen LogP contribution in [0.2, 0.25) is 0 Å². The highest BCUT2D eigenvalue weighted by Crippen LogP contribution is 2.37. The molecule has 94 valence electrons. The van der Waals surface area contributed by atoms with Crippen LogP contribution in [0.1, 0.15) is 17.2 Å². The predicted octanol–water partition coefficient (Wildman–Crippen LogP) is 3.29. The molecule has 0 bridgehead atoms. The first-order valence-electron chi connectivity index (χ1n) is 6.01. The highest BCUT2D eigenvalue weighted by atomic mass is 16.5. The Balaban J connectivity index is 2.10. The Morgan fingerprint density at radius 3 is 2.42 bits per heavy atom. The molecule has 0 unspecified atom stereocenters. The fraction of sp³-hybridized carbons (Fsp3) is 0.0625. The van der Waals surface area contributed by atoms with Crippen LogP contribution in [0.15, 0.2) is 60.2 Å². The van der Waals surface area contributed by atoms with Gasteiger partial charge in [-0.05, 0) is 17.7 Å². The summed E-state index contributed by atoms with van der Waals surface area (Å²) in [5.74, 6) is -0.246. The number of carbonyl (C=O) groups is 1. The van der Waals surface area contributed by atoms with Crippen molar-refractivity contribution in [3.8, 4) is 5.75 Å². The first kappa shape index (κ1) is 11.5. The monoisotopic (exact) mass is 252 g/mol. The van der Waals surface area contributed by atoms with Gasteiger partial charge in [-0.2, -0.15) is 0 Å². The molecule has 1 N–H and O–H groups in total. The maximum Gasteiger partial charge on any atom is 0.335 e. The van der Waals surface area contributed by atoms with Crippen LogP contribution < -0.4 is 4.74 Å². The van der Waals surface area contributed by atoms with Crippen molar-refractivity contribution < 1.29 is 14.6 Å². The van der Waals surface area contributed by atoms with Crippen molar-refractivity contribution in [1.29, 1.82) is 0 Å². The zero-order valence-electron chi connectivity index (χ0n) is 10.1. The minimum Gasteiger partial charge on any atom is -0.480 e. The highest BCUT2D eigenvalue weighted by Gasteiger charge is 2.28. The molecule has 3 heteroatoms. The minimum absolute atomic E-state index is 0.255. The van der Waals surface area contributed by atoms with Crippen molar-refractivity contribution >= 4 is 12.0 Å². The lowest BCUT2D eigenvalue weighted by Crippen LogP contribution is -2.20. The molecule has 0 saturated carbocycles. The van der Waals surface area contributed by atoms with Crippen LogP contribution in [0.4, 0.5) is 0 Å². The van der Waals surface area contributed by atoms with Gasteiger partial charge in [0.05, 0.1) is 5.57 Å². The van der Waals surface area contributed by atoms with E-state index in [4.69, 9.17) is 4.74 Å². The number of hydrogen-bond donors (Lipinski definition) is 1. The number of para-hydroxylation sites is 1. The van der Waals surface area contributed by atoms with Crippen LogP contribution in [0.25, 0.3) is 6.08 Å². The smallest absolute Gasteiger partial charge is 0.335 e. The minimum atomic E-state index is -0.955. The molecule has 1 aliphatic rings. The number of aliphatic carboxylic acids is 1. The summed E-state index contributed by atoms with van der Waals surface area (Å²) >= 11 is 0. The lowest BCUT2D eigenvalue weighted by atomic mass is 9.96. The van der Waals surface area contributed by atoms with Crippen LogP contribution >= 0.6 is 0 Å². The van der Waals surface area contributed by atoms with E-state index in [-0.39, 0.29) is 5.57 Å². The zero-order valence-corrected chi connectivity index (χ0v) is 10.1. The van der Waals surface area contributed by atoms with Crippen molar-refractivity contribution in [1.82, 2.24) is 0 Å². The topological polar surface area (TPSA) is 46.5 Å². The molecular formula is C16H12O3. The molecule has 2 aromatic carbocycles. The molecule has 0 fully saturated rings. The van der Waals surface area contributed by atoms with E-state index in [0.29, 0.717) is 5.75 Å². The average molecular weight is 252 g/mol. The van der Waals surface area contributed by atoms with Gasteiger partial charge in [-0.25, -0.2) is 4.79 Å². The molecule has 0 radical (unpaired) electrons. The quantitative estimate of drug-likeness (QED) is 0.892. The summed E-state index contributed by atoms with van der Waals surface area (Å²) in [6, 6.07) is 16.8. The van der Waals surface area contributed by atoms with Gasteiger partial charge < -0.3 is 9.84 Å². The van der Waals surface area contributed by atoms with Gasteiger partial charge in [0.2, 0.25) is 0 Å². The predicted molar refractivity (Wildman–Crippen MR) is 71.9 cm³/mol. The van der Waals surface area contributed by atoms with E-state index in [0.717, 1.165) is 11.1 Å². The number of ether oxygens (including phenoxy) is 1. The maximum atomic E-state index is 11.4. The normalized spacial score (nSPS) is 17.1. The third-order valence-electron chi connectivity index (χ3n) is 3.11. The number of rotatable bonds is 2. The van der Waals surface area contributed by atoms with E-state index in [2.05, 4.69) is 0 Å². The average Bonchev–Trinajstić information content (AvgIpc) is 2.46. The van der Waals surface area contributed by atoms with Crippen molar-refractivity contribution in [3.05, 3.63) is 71.3 Å². The van der Waals surface area contributed by atoms with Crippen LogP contribution in [-0.2, 0) is 4.79 Å². The first-order chi connectivity index (χ1) is 9.25. The second kappa shape index (κ2) is 4.61. The fourth-order valence-electron chi connectivity index (χ4n) is 2.19. The van der Waals surface area contributed by atoms with Crippen molar-refractivity contribution in [3.63, 3.8) is 0 Å². The largest absolute Gasteiger partial charge is 0.480 e. The molecule has 0 saturated heterocycles. The summed E-state index contributed by atoms with van der Waals surface area (Å²) in [6.07, 6.45) is 1.12. The summed E-state index contributed by atoms with van der Waals surface area (Å²) in [4.78, 5) is 11.4. The Bertz CT molecular complexity index is 644. The molecule has 19 heavy (non-hydrogen) atoms. The van der Waals surface area contributed by atoms with E-state index in [1.165, 1.54) is 0 Å². The Morgan fingerprint density at radius 1 is 1.00 bits per heavy atom. The van der Waals surface area contributed by atoms with Gasteiger partial charge in [0.1, 0.15) is 5.75 Å². The third-order valence-corrected chi connectivity index (χ3v) is 3.11. The Labute approximate surface area is 110 Å². The lowest BCUT2D eigenvalue weighted by Gasteiger charge is -2.25. The Morgan fingerprint density at radius 2 is 1.68 bits per heavy atom. The van der Waals surface area contributed by atoms with Crippen LogP contribution in [0, 0.1) is 0 Å². The standard InChI is InChI=1S/C16H12O3/c17-16(18)13-10-12-8-4-5-9-14(12)19-15(13)11-6-2-1-3-7-11/h1-10,15H,(H,17,18)/t15-/m0/s1. The van der Waals surface area contributed by atoms with E-state index in [9.17, 15) is 9.90 Å². The molecule has 3 nitrogen and oxygen atoms in total. The molecule has 0 aliphatic carbocycles. The molecule has 1 heterocycles. The number of hydrogen-bond acceptors (Lipinski definition) is 2. The lowest BCUT2D eigenvalue weighted by molar-refractivity contribution is -0.133. The van der Waals surface area contributed by atoms with Crippen molar-refractivity contribution in [2.45, 2.75) is 6.10 Å². The number of carboxylic acid groups (broad SMARTS) is 1. The summed E-state index contributed by atoms with van der Waals surface area (Å²) in [7, 11) is 0. The second-order valence-electron chi connectivity index (χ2n) is 4.35. The summed E-state index contributed by atoms with van der Waals surface area (Å²) in [5.41, 5.74) is 1.89. The van der Waals surface area contributed by atoms with E-state index in [1.807, 2.05) is 54.6 Å². The van der Waals surface area contributed by atoms with Crippen molar-refractivity contribution in [2.24, 2.45) is 0 Å². The van der Waals surface area contributed by atoms with Crippen molar-refractivity contribution in [2.75, 3.05) is 0 Å². The summed E-state index contributed by atoms with van der Waals surface area (Å²) in [5, 5.41) is 9.35. The van der Waals surface area contributed by atoms with Gasteiger partial charge in [-0.15, -0.1) is 0 Å².